The summed E-state index contributed by atoms with van der Waals surface area (Å²) in [5.74, 6) is -0.359. The van der Waals surface area contributed by atoms with Crippen molar-refractivity contribution >= 4 is 17.3 Å². The quantitative estimate of drug-likeness (QED) is 0.430. The van der Waals surface area contributed by atoms with Crippen LogP contribution in [-0.2, 0) is 14.3 Å². The van der Waals surface area contributed by atoms with Gasteiger partial charge in [-0.3, -0.25) is 0 Å². The fourth-order valence-electron chi connectivity index (χ4n) is 1.77. The van der Waals surface area contributed by atoms with Gasteiger partial charge in [-0.05, 0) is 32.8 Å². The second kappa shape index (κ2) is 11.5. The lowest BCUT2D eigenvalue weighted by atomic mass is 10.1. The molecule has 0 saturated heterocycles. The number of benzene rings is 1. The molecule has 0 N–H and O–H groups in total. The SMILES string of the molecule is C=CC(=O)OCCCCOC.Cc1cccc(-c2nnc(C)s2)c1. The van der Waals surface area contributed by atoms with Crippen LogP contribution in [0.2, 0.25) is 0 Å². The molecule has 0 bridgehead atoms. The molecule has 0 amide bonds. The summed E-state index contributed by atoms with van der Waals surface area (Å²) in [6, 6.07) is 8.31. The zero-order valence-corrected chi connectivity index (χ0v) is 15.3. The van der Waals surface area contributed by atoms with E-state index in [1.807, 2.05) is 13.0 Å². The molecule has 6 heteroatoms. The number of hydrogen-bond donors (Lipinski definition) is 0. The van der Waals surface area contributed by atoms with Gasteiger partial charge < -0.3 is 9.47 Å². The van der Waals surface area contributed by atoms with Crippen molar-refractivity contribution in [2.24, 2.45) is 0 Å². The van der Waals surface area contributed by atoms with Gasteiger partial charge in [0.15, 0.2) is 0 Å². The van der Waals surface area contributed by atoms with E-state index in [9.17, 15) is 4.79 Å². The summed E-state index contributed by atoms with van der Waals surface area (Å²) in [7, 11) is 1.65. The van der Waals surface area contributed by atoms with Gasteiger partial charge in [0, 0.05) is 25.4 Å². The monoisotopic (exact) mass is 348 g/mol. The average molecular weight is 348 g/mol. The lowest BCUT2D eigenvalue weighted by Crippen LogP contribution is -2.02. The Balaban J connectivity index is 0.000000245. The zero-order valence-electron chi connectivity index (χ0n) is 14.4. The van der Waals surface area contributed by atoms with Gasteiger partial charge in [0.2, 0.25) is 0 Å². The number of rotatable bonds is 7. The molecular weight excluding hydrogens is 324 g/mol. The Bertz CT molecular complexity index is 641. The Hall–Kier alpha value is -2.05. The van der Waals surface area contributed by atoms with Crippen LogP contribution >= 0.6 is 11.3 Å². The fraction of sp³-hybridized carbons (Fsp3) is 0.389. The zero-order chi connectivity index (χ0) is 17.8. The van der Waals surface area contributed by atoms with Crippen LogP contribution in [0.5, 0.6) is 0 Å². The van der Waals surface area contributed by atoms with Crippen molar-refractivity contribution in [1.82, 2.24) is 10.2 Å². The van der Waals surface area contributed by atoms with Crippen LogP contribution in [-0.4, -0.2) is 36.5 Å². The van der Waals surface area contributed by atoms with Gasteiger partial charge in [0.05, 0.1) is 6.61 Å². The van der Waals surface area contributed by atoms with Crippen molar-refractivity contribution in [3.63, 3.8) is 0 Å². The van der Waals surface area contributed by atoms with Gasteiger partial charge in [-0.1, -0.05) is 41.7 Å². The van der Waals surface area contributed by atoms with Gasteiger partial charge in [-0.2, -0.15) is 0 Å². The minimum Gasteiger partial charge on any atom is -0.463 e. The number of ether oxygens (including phenoxy) is 2. The molecule has 1 heterocycles. The van der Waals surface area contributed by atoms with Gasteiger partial charge in [0.1, 0.15) is 10.0 Å². The molecule has 0 fully saturated rings. The Morgan fingerprint density at radius 3 is 2.58 bits per heavy atom. The summed E-state index contributed by atoms with van der Waals surface area (Å²) >= 11 is 1.63. The second-order valence-electron chi connectivity index (χ2n) is 5.07. The number of carbonyl (C=O) groups is 1. The van der Waals surface area contributed by atoms with Crippen molar-refractivity contribution in [2.45, 2.75) is 26.7 Å². The third kappa shape index (κ3) is 7.99. The van der Waals surface area contributed by atoms with E-state index in [2.05, 4.69) is 41.9 Å². The third-order valence-corrected chi connectivity index (χ3v) is 3.83. The molecule has 0 aliphatic carbocycles. The van der Waals surface area contributed by atoms with Crippen molar-refractivity contribution < 1.29 is 14.3 Å². The third-order valence-electron chi connectivity index (χ3n) is 2.94. The topological polar surface area (TPSA) is 61.3 Å². The van der Waals surface area contributed by atoms with Crippen LogP contribution in [0.25, 0.3) is 10.6 Å². The lowest BCUT2D eigenvalue weighted by Gasteiger charge is -2.00. The van der Waals surface area contributed by atoms with Gasteiger partial charge in [0.25, 0.3) is 0 Å². The Morgan fingerprint density at radius 1 is 1.25 bits per heavy atom. The highest BCUT2D eigenvalue weighted by atomic mass is 32.1. The lowest BCUT2D eigenvalue weighted by molar-refractivity contribution is -0.137. The van der Waals surface area contributed by atoms with Crippen LogP contribution < -0.4 is 0 Å². The summed E-state index contributed by atoms with van der Waals surface area (Å²) in [4.78, 5) is 10.5. The molecule has 0 unspecified atom stereocenters. The van der Waals surface area contributed by atoms with Crippen LogP contribution in [0, 0.1) is 13.8 Å². The predicted octanol–water partition coefficient (Wildman–Crippen LogP) is 3.96. The first-order valence-electron chi connectivity index (χ1n) is 7.72. The van der Waals surface area contributed by atoms with E-state index in [1.165, 1.54) is 5.56 Å². The molecule has 0 aliphatic rings. The summed E-state index contributed by atoms with van der Waals surface area (Å²) in [5.41, 5.74) is 2.41. The standard InChI is InChI=1S/C10H10N2S.C8H14O3/c1-7-4-3-5-9(6-7)10-12-11-8(2)13-10;1-3-8(9)11-7-5-4-6-10-2/h3-6H,1-2H3;3H,1,4-7H2,2H3. The van der Waals surface area contributed by atoms with Crippen molar-refractivity contribution in [2.75, 3.05) is 20.3 Å². The summed E-state index contributed by atoms with van der Waals surface area (Å²) < 4.78 is 9.54. The molecule has 5 nitrogen and oxygen atoms in total. The number of nitrogens with zero attached hydrogens (tertiary/aromatic N) is 2. The molecule has 24 heavy (non-hydrogen) atoms. The number of unbranched alkanes of at least 4 members (excludes halogenated alkanes) is 1. The van der Waals surface area contributed by atoms with Crippen LogP contribution in [0.1, 0.15) is 23.4 Å². The highest BCUT2D eigenvalue weighted by Crippen LogP contribution is 2.23. The molecule has 1 aromatic heterocycles. The maximum Gasteiger partial charge on any atom is 0.330 e. The largest absolute Gasteiger partial charge is 0.463 e. The van der Waals surface area contributed by atoms with E-state index in [0.29, 0.717) is 13.2 Å². The molecule has 0 atom stereocenters. The molecule has 0 spiro atoms. The van der Waals surface area contributed by atoms with E-state index in [4.69, 9.17) is 9.47 Å². The first-order valence-corrected chi connectivity index (χ1v) is 8.53. The summed E-state index contributed by atoms with van der Waals surface area (Å²) in [6.07, 6.45) is 2.92. The first kappa shape index (κ1) is 20.0. The van der Waals surface area contributed by atoms with E-state index < -0.39 is 0 Å². The fourth-order valence-corrected chi connectivity index (χ4v) is 2.46. The molecule has 2 aromatic rings. The highest BCUT2D eigenvalue weighted by molar-refractivity contribution is 7.14. The van der Waals surface area contributed by atoms with Crippen LogP contribution in [0.4, 0.5) is 0 Å². The summed E-state index contributed by atoms with van der Waals surface area (Å²) in [5, 5.41) is 10.1. The van der Waals surface area contributed by atoms with Crippen molar-refractivity contribution in [1.29, 1.82) is 0 Å². The van der Waals surface area contributed by atoms with E-state index in [-0.39, 0.29) is 5.97 Å². The maximum atomic E-state index is 10.5. The molecule has 1 aromatic carbocycles. The van der Waals surface area contributed by atoms with Crippen LogP contribution in [0.15, 0.2) is 36.9 Å². The van der Waals surface area contributed by atoms with Gasteiger partial charge in [-0.15, -0.1) is 10.2 Å². The second-order valence-corrected chi connectivity index (χ2v) is 6.25. The Kier molecular flexibility index (Phi) is 9.56. The van der Waals surface area contributed by atoms with Crippen molar-refractivity contribution in [3.05, 3.63) is 47.5 Å². The predicted molar refractivity (Wildman–Crippen MR) is 97.1 cm³/mol. The van der Waals surface area contributed by atoms with Gasteiger partial charge >= 0.3 is 5.97 Å². The molecule has 0 radical (unpaired) electrons. The number of carbonyl (C=O) groups excluding carboxylic acids is 1. The summed E-state index contributed by atoms with van der Waals surface area (Å²) in [6.45, 7) is 8.49. The molecular formula is C18H24N2O3S. The first-order chi connectivity index (χ1) is 11.6. The Morgan fingerprint density at radius 2 is 2.00 bits per heavy atom. The Labute approximate surface area is 147 Å². The smallest absolute Gasteiger partial charge is 0.330 e. The minimum atomic E-state index is -0.359. The number of hydrogen-bond acceptors (Lipinski definition) is 6. The van der Waals surface area contributed by atoms with E-state index in [1.54, 1.807) is 18.4 Å². The van der Waals surface area contributed by atoms with Crippen molar-refractivity contribution in [3.8, 4) is 10.6 Å². The number of esters is 1. The minimum absolute atomic E-state index is 0.359. The van der Waals surface area contributed by atoms with Gasteiger partial charge in [-0.25, -0.2) is 4.79 Å². The number of methoxy groups -OCH3 is 1. The molecule has 0 saturated carbocycles. The molecule has 130 valence electrons. The highest BCUT2D eigenvalue weighted by Gasteiger charge is 2.02. The molecule has 0 aliphatic heterocycles. The normalized spacial score (nSPS) is 9.79. The maximum absolute atomic E-state index is 10.5. The van der Waals surface area contributed by atoms with Crippen LogP contribution in [0.3, 0.4) is 0 Å². The molecule has 2 rings (SSSR count). The van der Waals surface area contributed by atoms with E-state index >= 15 is 0 Å². The average Bonchev–Trinajstić information content (AvgIpc) is 3.01. The number of aromatic nitrogens is 2. The van der Waals surface area contributed by atoms with E-state index in [0.717, 1.165) is 34.5 Å². The number of aryl methyl sites for hydroxylation is 2.